The number of anilines is 1. The van der Waals surface area contributed by atoms with Crippen LogP contribution < -0.4 is 10.2 Å². The van der Waals surface area contributed by atoms with Crippen LogP contribution in [0.25, 0.3) is 11.8 Å². The molecule has 33 heavy (non-hydrogen) atoms. The Hall–Kier alpha value is -3.51. The third-order valence-corrected chi connectivity index (χ3v) is 6.72. The van der Waals surface area contributed by atoms with E-state index in [1.165, 1.54) is 16.0 Å². The Morgan fingerprint density at radius 3 is 2.30 bits per heavy atom. The molecule has 1 aromatic heterocycles. The lowest BCUT2D eigenvalue weighted by Gasteiger charge is -2.30. The summed E-state index contributed by atoms with van der Waals surface area (Å²) in [7, 11) is 0. The second kappa shape index (κ2) is 8.45. The Morgan fingerprint density at radius 2 is 1.61 bits per heavy atom. The molecule has 1 aliphatic heterocycles. The molecule has 0 aliphatic carbocycles. The van der Waals surface area contributed by atoms with Crippen molar-refractivity contribution in [3.8, 4) is 5.69 Å². The van der Waals surface area contributed by atoms with Gasteiger partial charge >= 0.3 is 0 Å². The van der Waals surface area contributed by atoms with Crippen LogP contribution in [0.15, 0.2) is 48.0 Å². The largest absolute Gasteiger partial charge is 0.318 e. The van der Waals surface area contributed by atoms with Gasteiger partial charge in [0.2, 0.25) is 0 Å². The Balaban J connectivity index is 1.79. The van der Waals surface area contributed by atoms with Gasteiger partial charge in [-0.15, -0.1) is 0 Å². The Morgan fingerprint density at radius 1 is 0.879 bits per heavy atom. The van der Waals surface area contributed by atoms with Crippen LogP contribution in [0.5, 0.6) is 0 Å². The van der Waals surface area contributed by atoms with Crippen molar-refractivity contribution in [2.24, 2.45) is 0 Å². The van der Waals surface area contributed by atoms with E-state index >= 15 is 0 Å². The highest BCUT2D eigenvalue weighted by Gasteiger charge is 2.35. The molecule has 1 N–H and O–H groups in total. The Kier molecular flexibility index (Phi) is 5.80. The first-order valence-electron chi connectivity index (χ1n) is 10.8. The van der Waals surface area contributed by atoms with Crippen LogP contribution in [0.2, 0.25) is 0 Å². The van der Waals surface area contributed by atoms with Gasteiger partial charge in [0.25, 0.3) is 11.8 Å². The SMILES string of the molecule is Cc1ccc(-n2c(C)cc(/C=C3\C(=O)NC(=S)N(c4cccc(C)c4C)C3=O)c2C)cc1C. The minimum atomic E-state index is -0.484. The summed E-state index contributed by atoms with van der Waals surface area (Å²) in [6.07, 6.45) is 1.66. The molecule has 6 heteroatoms. The van der Waals surface area contributed by atoms with Crippen LogP contribution in [0.4, 0.5) is 5.69 Å². The molecule has 0 radical (unpaired) electrons. The average Bonchev–Trinajstić information content (AvgIpc) is 3.03. The normalized spacial score (nSPS) is 15.4. The van der Waals surface area contributed by atoms with Crippen LogP contribution in [0, 0.1) is 41.5 Å². The van der Waals surface area contributed by atoms with E-state index in [1.807, 2.05) is 52.0 Å². The third-order valence-electron chi connectivity index (χ3n) is 6.44. The number of hydrogen-bond acceptors (Lipinski definition) is 3. The summed E-state index contributed by atoms with van der Waals surface area (Å²) in [4.78, 5) is 27.7. The molecule has 0 saturated carbocycles. The van der Waals surface area contributed by atoms with Crippen LogP contribution in [0.3, 0.4) is 0 Å². The molecule has 0 spiro atoms. The number of carbonyl (C=O) groups is 2. The number of aromatic nitrogens is 1. The fourth-order valence-electron chi connectivity index (χ4n) is 4.21. The molecule has 1 aliphatic rings. The zero-order chi connectivity index (χ0) is 24.0. The van der Waals surface area contributed by atoms with E-state index in [1.54, 1.807) is 6.08 Å². The van der Waals surface area contributed by atoms with Crippen LogP contribution in [0.1, 0.15) is 39.2 Å². The van der Waals surface area contributed by atoms with Crippen LogP contribution in [-0.4, -0.2) is 21.5 Å². The number of hydrogen-bond donors (Lipinski definition) is 1. The summed E-state index contributed by atoms with van der Waals surface area (Å²) in [5.41, 5.74) is 9.01. The van der Waals surface area contributed by atoms with Crippen molar-refractivity contribution in [2.45, 2.75) is 41.5 Å². The number of amides is 2. The van der Waals surface area contributed by atoms with Crippen molar-refractivity contribution >= 4 is 40.9 Å². The van der Waals surface area contributed by atoms with Gasteiger partial charge in [0.15, 0.2) is 5.11 Å². The molecule has 1 fully saturated rings. The van der Waals surface area contributed by atoms with Gasteiger partial charge in [0.05, 0.1) is 5.69 Å². The molecule has 0 atom stereocenters. The summed E-state index contributed by atoms with van der Waals surface area (Å²) in [5.74, 6) is -0.907. The summed E-state index contributed by atoms with van der Waals surface area (Å²) in [6.45, 7) is 12.1. The average molecular weight is 458 g/mol. The van der Waals surface area contributed by atoms with Gasteiger partial charge in [0.1, 0.15) is 5.57 Å². The van der Waals surface area contributed by atoms with E-state index in [0.717, 1.165) is 33.8 Å². The first kappa shape index (κ1) is 22.7. The molecule has 2 aromatic carbocycles. The Labute approximate surface area is 199 Å². The van der Waals surface area contributed by atoms with E-state index in [4.69, 9.17) is 12.2 Å². The van der Waals surface area contributed by atoms with Gasteiger partial charge in [-0.25, -0.2) is 0 Å². The molecular formula is C27H27N3O2S. The molecule has 0 unspecified atom stereocenters. The van der Waals surface area contributed by atoms with Gasteiger partial charge in [-0.3, -0.25) is 19.8 Å². The first-order chi connectivity index (χ1) is 15.6. The lowest BCUT2D eigenvalue weighted by Crippen LogP contribution is -2.54. The molecule has 168 valence electrons. The van der Waals surface area contributed by atoms with Gasteiger partial charge < -0.3 is 4.57 Å². The van der Waals surface area contributed by atoms with Crippen molar-refractivity contribution in [1.29, 1.82) is 0 Å². The third kappa shape index (κ3) is 3.91. The second-order valence-corrected chi connectivity index (χ2v) is 8.99. The molecule has 2 amide bonds. The van der Waals surface area contributed by atoms with Crippen LogP contribution in [-0.2, 0) is 9.59 Å². The number of nitrogens with zero attached hydrogens (tertiary/aromatic N) is 2. The van der Waals surface area contributed by atoms with Gasteiger partial charge in [-0.05, 0) is 112 Å². The number of thiocarbonyl (C=S) groups is 1. The molecule has 1 saturated heterocycles. The van der Waals surface area contributed by atoms with Gasteiger partial charge in [-0.2, -0.15) is 0 Å². The van der Waals surface area contributed by atoms with Crippen LogP contribution >= 0.6 is 12.2 Å². The maximum Gasteiger partial charge on any atom is 0.270 e. The fourth-order valence-corrected chi connectivity index (χ4v) is 4.48. The number of benzene rings is 2. The minimum Gasteiger partial charge on any atom is -0.318 e. The zero-order valence-corrected chi connectivity index (χ0v) is 20.6. The molecule has 4 rings (SSSR count). The topological polar surface area (TPSA) is 54.3 Å². The van der Waals surface area contributed by atoms with E-state index in [9.17, 15) is 9.59 Å². The summed E-state index contributed by atoms with van der Waals surface area (Å²) in [5, 5.41) is 2.78. The highest BCUT2D eigenvalue weighted by atomic mass is 32.1. The van der Waals surface area contributed by atoms with Crippen molar-refractivity contribution in [2.75, 3.05) is 4.90 Å². The summed E-state index contributed by atoms with van der Waals surface area (Å²) in [6, 6.07) is 14.0. The monoisotopic (exact) mass is 457 g/mol. The smallest absolute Gasteiger partial charge is 0.270 e. The highest BCUT2D eigenvalue weighted by Crippen LogP contribution is 2.29. The summed E-state index contributed by atoms with van der Waals surface area (Å²) >= 11 is 5.36. The van der Waals surface area contributed by atoms with Gasteiger partial charge in [-0.1, -0.05) is 18.2 Å². The van der Waals surface area contributed by atoms with Crippen molar-refractivity contribution in [3.05, 3.63) is 87.2 Å². The second-order valence-electron chi connectivity index (χ2n) is 8.61. The molecule has 3 aromatic rings. The Bertz CT molecular complexity index is 1360. The highest BCUT2D eigenvalue weighted by molar-refractivity contribution is 7.80. The molecule has 0 bridgehead atoms. The fraction of sp³-hybridized carbons (Fsp3) is 0.222. The number of aryl methyl sites for hydroxylation is 4. The maximum absolute atomic E-state index is 13.5. The number of carbonyl (C=O) groups excluding carboxylic acids is 2. The molecule has 5 nitrogen and oxygen atoms in total. The number of nitrogens with one attached hydrogen (secondary N) is 1. The molecule has 2 heterocycles. The standard InChI is InChI=1S/C27H27N3O2S/c1-15-10-11-22(12-17(15)3)29-18(4)13-21(20(29)6)14-23-25(31)28-27(33)30(26(23)32)24-9-7-8-16(2)19(24)5/h7-14H,1-6H3,(H,28,31,33)/b23-14+. The van der Waals surface area contributed by atoms with Crippen molar-refractivity contribution in [1.82, 2.24) is 9.88 Å². The number of rotatable bonds is 3. The lowest BCUT2D eigenvalue weighted by molar-refractivity contribution is -0.122. The lowest BCUT2D eigenvalue weighted by atomic mass is 10.0. The van der Waals surface area contributed by atoms with Crippen molar-refractivity contribution < 1.29 is 9.59 Å². The predicted octanol–water partition coefficient (Wildman–Crippen LogP) is 5.16. The van der Waals surface area contributed by atoms with E-state index < -0.39 is 11.8 Å². The molecular weight excluding hydrogens is 430 g/mol. The first-order valence-corrected chi connectivity index (χ1v) is 11.2. The minimum absolute atomic E-state index is 0.0600. The van der Waals surface area contributed by atoms with E-state index in [-0.39, 0.29) is 10.7 Å². The van der Waals surface area contributed by atoms with Gasteiger partial charge in [0, 0.05) is 17.1 Å². The predicted molar refractivity (Wildman–Crippen MR) is 137 cm³/mol. The maximum atomic E-state index is 13.5. The summed E-state index contributed by atoms with van der Waals surface area (Å²) < 4.78 is 2.14. The quantitative estimate of drug-likeness (QED) is 0.336. The zero-order valence-electron chi connectivity index (χ0n) is 19.7. The van der Waals surface area contributed by atoms with Crippen molar-refractivity contribution in [3.63, 3.8) is 0 Å². The van der Waals surface area contributed by atoms with E-state index in [0.29, 0.717) is 5.69 Å². The van der Waals surface area contributed by atoms with E-state index in [2.05, 4.69) is 41.9 Å².